The van der Waals surface area contributed by atoms with E-state index in [1.807, 2.05) is 19.1 Å². The van der Waals surface area contributed by atoms with Crippen molar-refractivity contribution in [2.75, 3.05) is 52.2 Å². The average Bonchev–Trinajstić information content (AvgIpc) is 2.78. The summed E-state index contributed by atoms with van der Waals surface area (Å²) in [7, 11) is 3.47. The third kappa shape index (κ3) is 6.64. The van der Waals surface area contributed by atoms with Gasteiger partial charge in [0.25, 0.3) is 0 Å². The van der Waals surface area contributed by atoms with Gasteiger partial charge < -0.3 is 19.9 Å². The highest BCUT2D eigenvalue weighted by atomic mass is 16.5. The van der Waals surface area contributed by atoms with E-state index in [-0.39, 0.29) is 5.91 Å². The van der Waals surface area contributed by atoms with Crippen LogP contribution in [0.2, 0.25) is 0 Å². The fraction of sp³-hybridized carbons (Fsp3) is 0.375. The largest absolute Gasteiger partial charge is 0.465 e. The highest BCUT2D eigenvalue weighted by Crippen LogP contribution is 2.12. The lowest BCUT2D eigenvalue weighted by Crippen LogP contribution is -2.45. The Morgan fingerprint density at radius 2 is 1.90 bits per heavy atom. The molecule has 2 aromatic rings. The number of nitrogens with zero attached hydrogens (tertiary/aromatic N) is 3. The average molecular weight is 421 g/mol. The summed E-state index contributed by atoms with van der Waals surface area (Å²) < 4.78 is 4.76. The van der Waals surface area contributed by atoms with E-state index in [0.29, 0.717) is 17.8 Å². The number of anilines is 1. The minimum Gasteiger partial charge on any atom is -0.465 e. The van der Waals surface area contributed by atoms with Crippen LogP contribution in [0.15, 0.2) is 36.5 Å². The van der Waals surface area contributed by atoms with Crippen molar-refractivity contribution in [1.82, 2.24) is 14.8 Å². The van der Waals surface area contributed by atoms with Gasteiger partial charge in [0.1, 0.15) is 5.82 Å². The second-order valence-corrected chi connectivity index (χ2v) is 7.65. The van der Waals surface area contributed by atoms with E-state index in [2.05, 4.69) is 39.0 Å². The molecule has 0 unspecified atom stereocenters. The number of rotatable bonds is 5. The minimum atomic E-state index is -0.391. The van der Waals surface area contributed by atoms with E-state index in [4.69, 9.17) is 4.74 Å². The summed E-state index contributed by atoms with van der Waals surface area (Å²) in [5.74, 6) is 6.20. The third-order valence-electron chi connectivity index (χ3n) is 5.28. The van der Waals surface area contributed by atoms with E-state index in [1.54, 1.807) is 24.4 Å². The predicted molar refractivity (Wildman–Crippen MR) is 120 cm³/mol. The molecule has 0 atom stereocenters. The van der Waals surface area contributed by atoms with Crippen molar-refractivity contribution >= 4 is 17.7 Å². The summed E-state index contributed by atoms with van der Waals surface area (Å²) in [5, 5.41) is 2.84. The smallest absolute Gasteiger partial charge is 0.337 e. The summed E-state index contributed by atoms with van der Waals surface area (Å²) in [6.07, 6.45) is 2.07. The summed E-state index contributed by atoms with van der Waals surface area (Å²) in [6.45, 7) is 6.77. The maximum Gasteiger partial charge on any atom is 0.337 e. The molecular formula is C24H28N4O3. The number of benzene rings is 1. The minimum absolute atomic E-state index is 0.0412. The number of aryl methyl sites for hydroxylation is 1. The molecule has 0 aliphatic carbocycles. The normalized spacial score (nSPS) is 14.4. The van der Waals surface area contributed by atoms with Crippen LogP contribution >= 0.6 is 0 Å². The Hall–Kier alpha value is -3.21. The first-order valence-electron chi connectivity index (χ1n) is 10.3. The first kappa shape index (κ1) is 22.5. The van der Waals surface area contributed by atoms with Crippen molar-refractivity contribution in [2.24, 2.45) is 0 Å². The standard InChI is InChI=1S/C24H28N4O3/c1-18-4-7-21(24(30)31-3)16-20(18)8-5-19-6-9-22(25-17-19)26-23(29)10-11-28-14-12-27(2)13-15-28/h4,6-7,9,16-17H,10-15H2,1-3H3,(H,25,26,29). The molecule has 1 aliphatic rings. The summed E-state index contributed by atoms with van der Waals surface area (Å²) in [6, 6.07) is 8.84. The summed E-state index contributed by atoms with van der Waals surface area (Å²) >= 11 is 0. The van der Waals surface area contributed by atoms with Crippen LogP contribution in [0.4, 0.5) is 5.82 Å². The number of esters is 1. The monoisotopic (exact) mass is 420 g/mol. The number of hydrogen-bond acceptors (Lipinski definition) is 6. The molecule has 2 heterocycles. The van der Waals surface area contributed by atoms with Gasteiger partial charge in [-0.3, -0.25) is 4.79 Å². The molecule has 0 bridgehead atoms. The Morgan fingerprint density at radius 1 is 1.13 bits per heavy atom. The molecule has 0 saturated carbocycles. The van der Waals surface area contributed by atoms with Crippen LogP contribution in [0.3, 0.4) is 0 Å². The van der Waals surface area contributed by atoms with Crippen LogP contribution in [0, 0.1) is 18.8 Å². The molecule has 162 valence electrons. The number of likely N-dealkylation sites (N-methyl/N-ethyl adjacent to an activating group) is 1. The van der Waals surface area contributed by atoms with Gasteiger partial charge in [-0.25, -0.2) is 9.78 Å². The Morgan fingerprint density at radius 3 is 2.58 bits per heavy atom. The number of carbonyl (C=O) groups is 2. The number of piperazine rings is 1. The van der Waals surface area contributed by atoms with Gasteiger partial charge in [0, 0.05) is 56.5 Å². The lowest BCUT2D eigenvalue weighted by atomic mass is 10.0. The molecule has 1 fully saturated rings. The lowest BCUT2D eigenvalue weighted by molar-refractivity contribution is -0.116. The topological polar surface area (TPSA) is 74.8 Å². The molecule has 3 rings (SSSR count). The zero-order valence-corrected chi connectivity index (χ0v) is 18.3. The number of pyridine rings is 1. The van der Waals surface area contributed by atoms with E-state index < -0.39 is 5.97 Å². The molecule has 7 heteroatoms. The van der Waals surface area contributed by atoms with Crippen LogP contribution < -0.4 is 5.32 Å². The van der Waals surface area contributed by atoms with Gasteiger partial charge in [0.05, 0.1) is 12.7 Å². The number of methoxy groups -OCH3 is 1. The van der Waals surface area contributed by atoms with Gasteiger partial charge in [-0.2, -0.15) is 0 Å². The molecule has 7 nitrogen and oxygen atoms in total. The van der Waals surface area contributed by atoms with Gasteiger partial charge in [0.2, 0.25) is 5.91 Å². The first-order chi connectivity index (χ1) is 14.9. The van der Waals surface area contributed by atoms with Crippen molar-refractivity contribution in [1.29, 1.82) is 0 Å². The maximum atomic E-state index is 12.2. The van der Waals surface area contributed by atoms with E-state index in [9.17, 15) is 9.59 Å². The molecular weight excluding hydrogens is 392 g/mol. The fourth-order valence-electron chi connectivity index (χ4n) is 3.22. The van der Waals surface area contributed by atoms with Crippen LogP contribution in [0.5, 0.6) is 0 Å². The zero-order chi connectivity index (χ0) is 22.2. The molecule has 1 aromatic heterocycles. The van der Waals surface area contributed by atoms with Crippen LogP contribution in [0.25, 0.3) is 0 Å². The Bertz CT molecular complexity index is 984. The second kappa shape index (κ2) is 10.7. The number of hydrogen-bond donors (Lipinski definition) is 1. The highest BCUT2D eigenvalue weighted by molar-refractivity contribution is 5.90. The Kier molecular flexibility index (Phi) is 7.76. The van der Waals surface area contributed by atoms with Crippen LogP contribution in [-0.4, -0.2) is 73.5 Å². The number of aromatic nitrogens is 1. The van der Waals surface area contributed by atoms with Crippen LogP contribution in [-0.2, 0) is 9.53 Å². The van der Waals surface area contributed by atoms with Crippen molar-refractivity contribution in [3.63, 3.8) is 0 Å². The highest BCUT2D eigenvalue weighted by Gasteiger charge is 2.14. The molecule has 1 amide bonds. The molecule has 31 heavy (non-hydrogen) atoms. The number of nitrogens with one attached hydrogen (secondary N) is 1. The maximum absolute atomic E-state index is 12.2. The predicted octanol–water partition coefficient (Wildman–Crippen LogP) is 2.15. The van der Waals surface area contributed by atoms with Crippen molar-refractivity contribution < 1.29 is 14.3 Å². The van der Waals surface area contributed by atoms with Gasteiger partial charge >= 0.3 is 5.97 Å². The molecule has 1 aliphatic heterocycles. The third-order valence-corrected chi connectivity index (χ3v) is 5.28. The summed E-state index contributed by atoms with van der Waals surface area (Å²) in [5.41, 5.74) is 2.91. The zero-order valence-electron chi connectivity index (χ0n) is 18.3. The van der Waals surface area contributed by atoms with Gasteiger partial charge in [0.15, 0.2) is 0 Å². The molecule has 0 spiro atoms. The molecule has 1 aromatic carbocycles. The van der Waals surface area contributed by atoms with Gasteiger partial charge in [-0.1, -0.05) is 17.9 Å². The fourth-order valence-corrected chi connectivity index (χ4v) is 3.22. The van der Waals surface area contributed by atoms with Gasteiger partial charge in [-0.05, 0) is 43.8 Å². The molecule has 0 radical (unpaired) electrons. The van der Waals surface area contributed by atoms with Gasteiger partial charge in [-0.15, -0.1) is 0 Å². The number of carbonyl (C=O) groups excluding carboxylic acids is 2. The lowest BCUT2D eigenvalue weighted by Gasteiger charge is -2.32. The first-order valence-corrected chi connectivity index (χ1v) is 10.3. The number of amides is 1. The van der Waals surface area contributed by atoms with E-state index >= 15 is 0 Å². The van der Waals surface area contributed by atoms with Crippen LogP contribution in [0.1, 0.15) is 33.5 Å². The molecule has 1 N–H and O–H groups in total. The van der Waals surface area contributed by atoms with Crippen molar-refractivity contribution in [3.8, 4) is 11.8 Å². The summed E-state index contributed by atoms with van der Waals surface area (Å²) in [4.78, 5) is 32.8. The van der Waals surface area contributed by atoms with Crippen molar-refractivity contribution in [2.45, 2.75) is 13.3 Å². The number of ether oxygens (including phenoxy) is 1. The molecule has 1 saturated heterocycles. The van der Waals surface area contributed by atoms with E-state index in [0.717, 1.165) is 49.4 Å². The Labute approximate surface area is 183 Å². The Balaban J connectivity index is 1.55. The van der Waals surface area contributed by atoms with E-state index in [1.165, 1.54) is 7.11 Å². The second-order valence-electron chi connectivity index (χ2n) is 7.65. The van der Waals surface area contributed by atoms with Crippen molar-refractivity contribution in [3.05, 3.63) is 58.8 Å². The SMILES string of the molecule is COC(=O)c1ccc(C)c(C#Cc2ccc(NC(=O)CCN3CCN(C)CC3)nc2)c1. The quantitative estimate of drug-likeness (QED) is 0.590.